The second-order valence-corrected chi connectivity index (χ2v) is 28.5. The van der Waals surface area contributed by atoms with Gasteiger partial charge in [-0.15, -0.1) is 11.6 Å². The number of ketones is 3. The Bertz CT molecular complexity index is 3620. The molecule has 37 heteroatoms. The van der Waals surface area contributed by atoms with Crippen molar-refractivity contribution in [2.75, 3.05) is 79.6 Å². The van der Waals surface area contributed by atoms with Crippen LogP contribution in [0.3, 0.4) is 0 Å². The Balaban J connectivity index is 0.000000397. The number of carbonyl (C=O) groups excluding carboxylic acids is 5. The molecule has 1 aliphatic heterocycles. The number of aryl methyl sites for hydroxylation is 2. The van der Waals surface area contributed by atoms with Crippen molar-refractivity contribution in [2.45, 2.75) is 81.4 Å². The number of nitrogen functional groups attached to an aromatic ring is 1. The molecule has 2 aliphatic rings. The lowest BCUT2D eigenvalue weighted by atomic mass is 9.81. The number of carboxylic acids is 1. The molecule has 512 valence electrons. The number of amides is 2. The van der Waals surface area contributed by atoms with Crippen molar-refractivity contribution in [3.8, 4) is 11.4 Å². The van der Waals surface area contributed by atoms with Crippen LogP contribution < -0.4 is 30.5 Å². The number of sulfone groups is 1. The number of benzene rings is 4. The fourth-order valence-corrected chi connectivity index (χ4v) is 10.4. The number of para-hydroxylation sites is 3. The molecule has 2 heterocycles. The number of nitro groups is 2. The highest BCUT2D eigenvalue weighted by Crippen LogP contribution is 2.40. The summed E-state index contributed by atoms with van der Waals surface area (Å²) in [4.78, 5) is 110. The van der Waals surface area contributed by atoms with E-state index in [0.29, 0.717) is 48.4 Å². The zero-order valence-corrected chi connectivity index (χ0v) is 57.5. The molecule has 93 heavy (non-hydrogen) atoms. The number of aliphatic carboxylic acids is 1. The van der Waals surface area contributed by atoms with Crippen molar-refractivity contribution in [2.24, 2.45) is 5.92 Å². The minimum absolute atomic E-state index is 0.0223. The van der Waals surface area contributed by atoms with Crippen molar-refractivity contribution in [1.82, 2.24) is 15.1 Å². The lowest BCUT2D eigenvalue weighted by Crippen LogP contribution is -2.47. The van der Waals surface area contributed by atoms with Crippen molar-refractivity contribution >= 4 is 150 Å². The number of Topliss-reactive ketones (excluding diaryl/α,β-unsaturated/α-hetero) is 3. The summed E-state index contributed by atoms with van der Waals surface area (Å²) in [6.45, 7) is 8.42. The number of fused-ring (bicyclic) bond motifs is 1. The van der Waals surface area contributed by atoms with E-state index >= 15 is 0 Å². The standard InChI is InChI=1S/C15H22ClNO2.C14H13NO7S.C11H11Cl2NO2.C10H5Cl2F3N4O2.C3H8NO5P.C3H9S/c1-5-13-8-6-7-11(2)15(13)17(14(18)9-16)12(3)10-19-4;1-23(21,22)8-5-6-9(10(7-8)15(19)20)14(18)13-11(16)3-2-4-12(13)17;1-7-6-16-9-5-3-2-4-8(9)14(7)11(15)10(12)13;11-5-1-4(10(13,14)15)2-6(12)8(5)18-9(16)7(3-17-18)19(20)21;5-3(6)1-4-2-10(7,8)9;1-4(2)3/h6-8,12H,5,9-10H2,1-4H3;5-7,13H,2-4H2,1H3;2-5,7,10H,6H2,1H3;1-3H,16H2;4H,1-2H2,(H,5,6)(H2,7,8,9);1-3H3/q;;;;;+1/p-1. The second kappa shape index (κ2) is 37.6. The highest BCUT2D eigenvalue weighted by molar-refractivity contribution is 7.94. The first-order valence-electron chi connectivity index (χ1n) is 26.9. The number of nitrogens with one attached hydrogen (secondary N) is 1. The van der Waals surface area contributed by atoms with Gasteiger partial charge in [-0.3, -0.25) is 54.3 Å². The fraction of sp³-hybridized carbons (Fsp3) is 0.411. The number of nitrogens with two attached hydrogens (primary N) is 1. The number of carbonyl (C=O) groups is 6. The van der Waals surface area contributed by atoms with Crippen molar-refractivity contribution in [1.29, 1.82) is 0 Å². The highest BCUT2D eigenvalue weighted by Gasteiger charge is 2.40. The molecule has 5 N–H and O–H groups in total. The van der Waals surface area contributed by atoms with Crippen LogP contribution in [0, 0.1) is 33.1 Å². The molecule has 0 radical (unpaired) electrons. The number of halogens is 8. The largest absolute Gasteiger partial charge is 0.778 e. The maximum atomic E-state index is 12.6. The minimum atomic E-state index is -4.63. The number of hydrogen-bond acceptors (Lipinski definition) is 19. The molecular weight excluding hydrogens is 1400 g/mol. The Labute approximate surface area is 560 Å². The summed E-state index contributed by atoms with van der Waals surface area (Å²) in [7, 11) is -5.77. The average Bonchev–Trinajstić information content (AvgIpc) is 1.78. The van der Waals surface area contributed by atoms with E-state index in [9.17, 15) is 80.0 Å². The van der Waals surface area contributed by atoms with E-state index in [0.717, 1.165) is 64.3 Å². The third-order valence-electron chi connectivity index (χ3n) is 12.4. The first-order valence-corrected chi connectivity index (χ1v) is 35.2. The SMILES string of the molecule is CC1COc2ccccc2N1C(=O)C(Cl)Cl.CCc1cccc(C)c1N(C(=O)CCl)C(C)COC.CS(=O)(=O)c1ccc(C(=O)C2C(=O)CCCC2=O)c([N+](=O)[O-])c1.C[S+](C)C.Nc1c([N+](=O)[O-])cnn1-c1c(Cl)cc(C(F)(F)F)cc1Cl.O=C(O)CNCP(=O)([O-])O. The minimum Gasteiger partial charge on any atom is -0.778 e. The lowest BCUT2D eigenvalue weighted by molar-refractivity contribution is -0.385. The van der Waals surface area contributed by atoms with Crippen LogP contribution in [-0.2, 0) is 66.6 Å². The van der Waals surface area contributed by atoms with Crippen molar-refractivity contribution in [3.05, 3.63) is 132 Å². The molecule has 3 atom stereocenters. The Morgan fingerprint density at radius 3 is 2.00 bits per heavy atom. The van der Waals surface area contributed by atoms with Crippen LogP contribution in [0.15, 0.2) is 83.9 Å². The normalized spacial score (nSPS) is 14.6. The summed E-state index contributed by atoms with van der Waals surface area (Å²) in [5.74, 6) is -4.92. The van der Waals surface area contributed by atoms with Gasteiger partial charge in [-0.1, -0.05) is 83.7 Å². The number of nitrogens with zero attached hydrogens (tertiary/aromatic N) is 6. The van der Waals surface area contributed by atoms with Gasteiger partial charge in [-0.2, -0.15) is 18.3 Å². The highest BCUT2D eigenvalue weighted by atomic mass is 35.5. The van der Waals surface area contributed by atoms with E-state index in [4.69, 9.17) is 83.2 Å². The maximum Gasteiger partial charge on any atom is 0.416 e. The van der Waals surface area contributed by atoms with Gasteiger partial charge in [0.05, 0.1) is 97.6 Å². The number of aromatic nitrogens is 2. The zero-order valence-electron chi connectivity index (χ0n) is 51.2. The van der Waals surface area contributed by atoms with Crippen LogP contribution in [0.4, 0.5) is 41.7 Å². The van der Waals surface area contributed by atoms with Gasteiger partial charge >= 0.3 is 17.8 Å². The first-order chi connectivity index (χ1) is 43.1. The smallest absolute Gasteiger partial charge is 0.416 e. The third-order valence-corrected chi connectivity index (χ3v) is 15.3. The lowest BCUT2D eigenvalue weighted by Gasteiger charge is -2.35. The van der Waals surface area contributed by atoms with Crippen LogP contribution in [0.2, 0.25) is 10.0 Å². The summed E-state index contributed by atoms with van der Waals surface area (Å²) >= 11 is 28.5. The Morgan fingerprint density at radius 2 is 1.54 bits per heavy atom. The summed E-state index contributed by atoms with van der Waals surface area (Å²) < 4.78 is 82.3. The van der Waals surface area contributed by atoms with E-state index in [1.54, 1.807) is 16.9 Å². The average molecular weight is 1470 g/mol. The van der Waals surface area contributed by atoms with Crippen LogP contribution in [0.5, 0.6) is 5.75 Å². The van der Waals surface area contributed by atoms with Gasteiger partial charge < -0.3 is 44.5 Å². The molecule has 5 aromatic rings. The second-order valence-electron chi connectivity index (χ2n) is 20.3. The Hall–Kier alpha value is -6.48. The molecule has 2 amide bonds. The molecule has 0 spiro atoms. The molecule has 7 rings (SSSR count). The number of ether oxygens (including phenoxy) is 2. The van der Waals surface area contributed by atoms with E-state index in [1.807, 2.05) is 62.5 Å². The van der Waals surface area contributed by atoms with Gasteiger partial charge in [0.1, 0.15) is 43.6 Å². The quantitative estimate of drug-likeness (QED) is 0.0128. The first kappa shape index (κ1) is 82.6. The van der Waals surface area contributed by atoms with Gasteiger partial charge in [-0.25, -0.2) is 13.1 Å². The molecule has 1 aromatic heterocycles. The number of carboxylic acid groups (broad SMARTS) is 1. The molecule has 1 fully saturated rings. The number of rotatable bonds is 17. The zero-order chi connectivity index (χ0) is 71.2. The van der Waals surface area contributed by atoms with Crippen LogP contribution >= 0.6 is 65.6 Å². The molecule has 1 aliphatic carbocycles. The monoisotopic (exact) mass is 1470 g/mol. The van der Waals surface area contributed by atoms with E-state index in [1.165, 1.54) is 0 Å². The van der Waals surface area contributed by atoms with Crippen molar-refractivity contribution in [3.63, 3.8) is 0 Å². The summed E-state index contributed by atoms with van der Waals surface area (Å²) in [5, 5.41) is 34.6. The Morgan fingerprint density at radius 1 is 0.978 bits per heavy atom. The van der Waals surface area contributed by atoms with Gasteiger partial charge in [0.2, 0.25) is 11.7 Å². The predicted octanol–water partition coefficient (Wildman–Crippen LogP) is 9.23. The van der Waals surface area contributed by atoms with Crippen molar-refractivity contribution < 1.29 is 89.1 Å². The van der Waals surface area contributed by atoms with Crippen LogP contribution in [0.25, 0.3) is 5.69 Å². The molecule has 26 nitrogen and oxygen atoms in total. The molecule has 0 saturated heterocycles. The molecular formula is C56H67Cl5F3N8O18PS2. The van der Waals surface area contributed by atoms with Gasteiger partial charge in [0.15, 0.2) is 32.0 Å². The predicted molar refractivity (Wildman–Crippen MR) is 347 cm³/mol. The number of nitro benzene ring substituents is 1. The molecule has 1 saturated carbocycles. The van der Waals surface area contributed by atoms with E-state index in [2.05, 4.69) is 36.9 Å². The summed E-state index contributed by atoms with van der Waals surface area (Å²) in [6, 6.07) is 17.4. The van der Waals surface area contributed by atoms with Crippen LogP contribution in [-0.4, -0.2) is 154 Å². The topological polar surface area (TPSA) is 384 Å². The maximum absolute atomic E-state index is 12.6. The van der Waals surface area contributed by atoms with Gasteiger partial charge in [0.25, 0.3) is 11.6 Å². The third kappa shape index (κ3) is 25.3. The molecule has 0 bridgehead atoms. The molecule has 3 unspecified atom stereocenters. The van der Waals surface area contributed by atoms with E-state index < -0.39 is 109 Å². The van der Waals surface area contributed by atoms with Gasteiger partial charge in [-0.05, 0) is 92.0 Å². The number of hydrogen-bond donors (Lipinski definition) is 4. The number of methoxy groups -OCH3 is 1. The Kier molecular flexibility index (Phi) is 33.4. The summed E-state index contributed by atoms with van der Waals surface area (Å²) in [6.07, 6.45) is 4.34. The van der Waals surface area contributed by atoms with Crippen LogP contribution in [0.1, 0.15) is 67.1 Å². The van der Waals surface area contributed by atoms with Gasteiger partial charge in [0, 0.05) is 32.3 Å². The van der Waals surface area contributed by atoms with E-state index in [-0.39, 0.29) is 63.2 Å². The number of alkyl halides is 6. The molecule has 4 aromatic carbocycles. The fourth-order valence-electron chi connectivity index (χ4n) is 8.42. The summed E-state index contributed by atoms with van der Waals surface area (Å²) in [5.41, 5.74) is 6.55. The number of anilines is 3.